The molecule has 1 aromatic heterocycles. The number of benzene rings is 1. The predicted molar refractivity (Wildman–Crippen MR) is 77.7 cm³/mol. The number of carbonyl (C=O) groups excluding carboxylic acids is 1. The van der Waals surface area contributed by atoms with Crippen molar-refractivity contribution in [3.05, 3.63) is 52.8 Å². The Morgan fingerprint density at radius 2 is 2.30 bits per heavy atom. The summed E-state index contributed by atoms with van der Waals surface area (Å²) >= 11 is 3.35. The van der Waals surface area contributed by atoms with Gasteiger partial charge in [0, 0.05) is 36.4 Å². The summed E-state index contributed by atoms with van der Waals surface area (Å²) in [6.45, 7) is 1.24. The zero-order valence-electron chi connectivity index (χ0n) is 10.9. The lowest BCUT2D eigenvalue weighted by atomic mass is 10.1. The van der Waals surface area contributed by atoms with E-state index in [2.05, 4.69) is 26.2 Å². The van der Waals surface area contributed by atoms with E-state index in [0.717, 1.165) is 10.0 Å². The fourth-order valence-electron chi connectivity index (χ4n) is 1.81. The summed E-state index contributed by atoms with van der Waals surface area (Å²) in [6, 6.07) is 4.49. The molecule has 0 radical (unpaired) electrons. The van der Waals surface area contributed by atoms with Gasteiger partial charge >= 0.3 is 0 Å². The zero-order valence-corrected chi connectivity index (χ0v) is 12.4. The molecule has 20 heavy (non-hydrogen) atoms. The van der Waals surface area contributed by atoms with Gasteiger partial charge in [0.25, 0.3) is 0 Å². The van der Waals surface area contributed by atoms with E-state index in [9.17, 15) is 9.18 Å². The van der Waals surface area contributed by atoms with Crippen LogP contribution in [0.25, 0.3) is 0 Å². The molecule has 0 bridgehead atoms. The van der Waals surface area contributed by atoms with Gasteiger partial charge in [0.15, 0.2) is 0 Å². The van der Waals surface area contributed by atoms with Crippen LogP contribution in [0.1, 0.15) is 12.0 Å². The number of rotatable bonds is 6. The molecule has 6 heteroatoms. The average molecular weight is 340 g/mol. The standard InChI is InChI=1S/C14H15BrFN3O/c15-13-3-2-12(16)9-11(13)1-4-14(20)18-6-8-19-7-5-17-10-19/h2-3,5,7,9-10H,1,4,6,8H2,(H,18,20). The Morgan fingerprint density at radius 3 is 3.05 bits per heavy atom. The molecule has 1 aromatic carbocycles. The summed E-state index contributed by atoms with van der Waals surface area (Å²) in [5.41, 5.74) is 0.801. The quantitative estimate of drug-likeness (QED) is 0.879. The van der Waals surface area contributed by atoms with Crippen LogP contribution in [0.15, 0.2) is 41.4 Å². The molecular weight excluding hydrogens is 325 g/mol. The Kier molecular flexibility index (Phi) is 5.29. The first-order chi connectivity index (χ1) is 9.65. The SMILES string of the molecule is O=C(CCc1cc(F)ccc1Br)NCCn1ccnc1. The van der Waals surface area contributed by atoms with Crippen molar-refractivity contribution in [1.82, 2.24) is 14.9 Å². The number of carbonyl (C=O) groups is 1. The second-order valence-electron chi connectivity index (χ2n) is 4.39. The lowest BCUT2D eigenvalue weighted by Gasteiger charge is -2.07. The number of amides is 1. The van der Waals surface area contributed by atoms with E-state index in [4.69, 9.17) is 0 Å². The van der Waals surface area contributed by atoms with E-state index in [0.29, 0.717) is 25.9 Å². The topological polar surface area (TPSA) is 46.9 Å². The molecule has 0 saturated carbocycles. The number of halogens is 2. The van der Waals surface area contributed by atoms with E-state index >= 15 is 0 Å². The number of nitrogens with zero attached hydrogens (tertiary/aromatic N) is 2. The minimum Gasteiger partial charge on any atom is -0.354 e. The fourth-order valence-corrected chi connectivity index (χ4v) is 2.26. The Labute approximate surface area is 125 Å². The Balaban J connectivity index is 1.73. The van der Waals surface area contributed by atoms with Crippen LogP contribution in [0.2, 0.25) is 0 Å². The maximum absolute atomic E-state index is 13.1. The van der Waals surface area contributed by atoms with Crippen molar-refractivity contribution in [2.75, 3.05) is 6.54 Å². The summed E-state index contributed by atoms with van der Waals surface area (Å²) in [7, 11) is 0. The van der Waals surface area contributed by atoms with Crippen LogP contribution in [0.4, 0.5) is 4.39 Å². The first-order valence-corrected chi connectivity index (χ1v) is 7.11. The summed E-state index contributed by atoms with van der Waals surface area (Å²) in [5.74, 6) is -0.329. The second-order valence-corrected chi connectivity index (χ2v) is 5.24. The van der Waals surface area contributed by atoms with Crippen molar-refractivity contribution >= 4 is 21.8 Å². The minimum atomic E-state index is -0.288. The molecular formula is C14H15BrFN3O. The molecule has 2 rings (SSSR count). The fraction of sp³-hybridized carbons (Fsp3) is 0.286. The van der Waals surface area contributed by atoms with Gasteiger partial charge in [-0.2, -0.15) is 0 Å². The highest BCUT2D eigenvalue weighted by atomic mass is 79.9. The van der Waals surface area contributed by atoms with E-state index in [1.54, 1.807) is 18.6 Å². The van der Waals surface area contributed by atoms with E-state index < -0.39 is 0 Å². The molecule has 0 unspecified atom stereocenters. The van der Waals surface area contributed by atoms with E-state index in [1.807, 2.05) is 10.8 Å². The maximum atomic E-state index is 13.1. The van der Waals surface area contributed by atoms with Crippen LogP contribution in [-0.2, 0) is 17.8 Å². The third-order valence-corrected chi connectivity index (χ3v) is 3.65. The molecule has 1 amide bonds. The van der Waals surface area contributed by atoms with Crippen molar-refractivity contribution in [2.45, 2.75) is 19.4 Å². The van der Waals surface area contributed by atoms with Gasteiger partial charge in [-0.1, -0.05) is 15.9 Å². The highest BCUT2D eigenvalue weighted by Gasteiger charge is 2.06. The van der Waals surface area contributed by atoms with Gasteiger partial charge in [0.05, 0.1) is 6.33 Å². The van der Waals surface area contributed by atoms with Crippen LogP contribution in [0.3, 0.4) is 0 Å². The van der Waals surface area contributed by atoms with Crippen molar-refractivity contribution in [1.29, 1.82) is 0 Å². The summed E-state index contributed by atoms with van der Waals surface area (Å²) < 4.78 is 15.8. The molecule has 4 nitrogen and oxygen atoms in total. The molecule has 0 atom stereocenters. The molecule has 0 aliphatic heterocycles. The number of aryl methyl sites for hydroxylation is 1. The molecule has 0 aliphatic rings. The molecule has 2 aromatic rings. The number of imidazole rings is 1. The van der Waals surface area contributed by atoms with Crippen LogP contribution in [0, 0.1) is 5.82 Å². The first kappa shape index (κ1) is 14.7. The van der Waals surface area contributed by atoms with Crippen LogP contribution < -0.4 is 5.32 Å². The van der Waals surface area contributed by atoms with Crippen molar-refractivity contribution in [3.8, 4) is 0 Å². The Bertz CT molecular complexity index is 572. The summed E-state index contributed by atoms with van der Waals surface area (Å²) in [4.78, 5) is 15.6. The third-order valence-electron chi connectivity index (χ3n) is 2.88. The minimum absolute atomic E-state index is 0.0405. The van der Waals surface area contributed by atoms with Crippen LogP contribution in [0.5, 0.6) is 0 Å². The Morgan fingerprint density at radius 1 is 1.45 bits per heavy atom. The monoisotopic (exact) mass is 339 g/mol. The Hall–Kier alpha value is -1.69. The molecule has 0 fully saturated rings. The second kappa shape index (κ2) is 7.19. The van der Waals surface area contributed by atoms with Gasteiger partial charge in [-0.3, -0.25) is 4.79 Å². The normalized spacial score (nSPS) is 10.5. The highest BCUT2D eigenvalue weighted by molar-refractivity contribution is 9.10. The lowest BCUT2D eigenvalue weighted by molar-refractivity contribution is -0.121. The van der Waals surface area contributed by atoms with Gasteiger partial charge < -0.3 is 9.88 Å². The van der Waals surface area contributed by atoms with Crippen molar-refractivity contribution in [2.24, 2.45) is 0 Å². The smallest absolute Gasteiger partial charge is 0.220 e. The van der Waals surface area contributed by atoms with Crippen LogP contribution >= 0.6 is 15.9 Å². The molecule has 1 N–H and O–H groups in total. The first-order valence-electron chi connectivity index (χ1n) is 6.31. The number of hydrogen-bond acceptors (Lipinski definition) is 2. The molecule has 1 heterocycles. The predicted octanol–water partition coefficient (Wildman–Crippen LogP) is 2.53. The van der Waals surface area contributed by atoms with Crippen molar-refractivity contribution < 1.29 is 9.18 Å². The maximum Gasteiger partial charge on any atom is 0.220 e. The summed E-state index contributed by atoms with van der Waals surface area (Å²) in [5, 5.41) is 2.83. The summed E-state index contributed by atoms with van der Waals surface area (Å²) in [6.07, 6.45) is 6.09. The molecule has 0 aliphatic carbocycles. The zero-order chi connectivity index (χ0) is 14.4. The van der Waals surface area contributed by atoms with E-state index in [1.165, 1.54) is 12.1 Å². The average Bonchev–Trinajstić information content (AvgIpc) is 2.93. The van der Waals surface area contributed by atoms with Crippen molar-refractivity contribution in [3.63, 3.8) is 0 Å². The van der Waals surface area contributed by atoms with Gasteiger partial charge in [-0.05, 0) is 30.2 Å². The number of aromatic nitrogens is 2. The van der Waals surface area contributed by atoms with E-state index in [-0.39, 0.29) is 11.7 Å². The van der Waals surface area contributed by atoms with Gasteiger partial charge in [-0.25, -0.2) is 9.37 Å². The third kappa shape index (κ3) is 4.45. The van der Waals surface area contributed by atoms with Gasteiger partial charge in [0.1, 0.15) is 5.82 Å². The highest BCUT2D eigenvalue weighted by Crippen LogP contribution is 2.19. The van der Waals surface area contributed by atoms with Gasteiger partial charge in [-0.15, -0.1) is 0 Å². The number of hydrogen-bond donors (Lipinski definition) is 1. The molecule has 0 spiro atoms. The molecule has 0 saturated heterocycles. The lowest BCUT2D eigenvalue weighted by Crippen LogP contribution is -2.27. The number of nitrogens with one attached hydrogen (secondary N) is 1. The molecule has 106 valence electrons. The largest absolute Gasteiger partial charge is 0.354 e. The van der Waals surface area contributed by atoms with Gasteiger partial charge in [0.2, 0.25) is 5.91 Å². The van der Waals surface area contributed by atoms with Crippen LogP contribution in [-0.4, -0.2) is 22.0 Å².